The zero-order valence-corrected chi connectivity index (χ0v) is 20.6. The number of carbonyl (C=O) groups excluding carboxylic acids is 2. The first-order valence-electron chi connectivity index (χ1n) is 12.2. The van der Waals surface area contributed by atoms with Crippen LogP contribution in [-0.2, 0) is 9.53 Å². The van der Waals surface area contributed by atoms with E-state index >= 15 is 0 Å². The van der Waals surface area contributed by atoms with E-state index in [9.17, 15) is 9.59 Å². The van der Waals surface area contributed by atoms with Crippen LogP contribution in [0.25, 0.3) is 0 Å². The summed E-state index contributed by atoms with van der Waals surface area (Å²) >= 11 is 0. The van der Waals surface area contributed by atoms with E-state index in [1.807, 2.05) is 4.90 Å². The topological polar surface area (TPSA) is 135 Å². The smallest absolute Gasteiger partial charge is 0.275 e. The Labute approximate surface area is 214 Å². The van der Waals surface area contributed by atoms with Gasteiger partial charge in [-0.05, 0) is 37.1 Å². The van der Waals surface area contributed by atoms with Crippen LogP contribution in [0.3, 0.4) is 0 Å². The summed E-state index contributed by atoms with van der Waals surface area (Å²) in [6.07, 6.45) is 10.5. The van der Waals surface area contributed by atoms with Gasteiger partial charge in [-0.2, -0.15) is 10.8 Å². The minimum atomic E-state index is -0.361. The number of anilines is 1. The Kier molecular flexibility index (Phi) is 6.99. The van der Waals surface area contributed by atoms with E-state index in [4.69, 9.17) is 15.6 Å². The highest BCUT2D eigenvalue weighted by molar-refractivity contribution is 6.04. The monoisotopic (exact) mass is 501 g/mol. The highest BCUT2D eigenvalue weighted by atomic mass is 16.5. The van der Waals surface area contributed by atoms with Crippen LogP contribution in [0.5, 0.6) is 0 Å². The molecule has 0 saturated carbocycles. The molecule has 2 atom stereocenters. The van der Waals surface area contributed by atoms with Crippen molar-refractivity contribution < 1.29 is 18.9 Å². The van der Waals surface area contributed by atoms with Crippen LogP contribution in [0.2, 0.25) is 0 Å². The predicted molar refractivity (Wildman–Crippen MR) is 138 cm³/mol. The lowest BCUT2D eigenvalue weighted by Crippen LogP contribution is -2.53. The number of nitrogens with zero attached hydrogens (tertiary/aromatic N) is 6. The average molecular weight is 502 g/mol. The Balaban J connectivity index is 1.38. The third-order valence-electron chi connectivity index (χ3n) is 6.66. The van der Waals surface area contributed by atoms with Gasteiger partial charge in [0.25, 0.3) is 11.7 Å². The Morgan fingerprint density at radius 2 is 2.14 bits per heavy atom. The predicted octanol–water partition coefficient (Wildman–Crippen LogP) is 2.22. The van der Waals surface area contributed by atoms with E-state index in [0.29, 0.717) is 36.8 Å². The van der Waals surface area contributed by atoms with Crippen LogP contribution >= 0.6 is 0 Å². The number of nitrogens with one attached hydrogen (secondary N) is 1. The summed E-state index contributed by atoms with van der Waals surface area (Å²) < 4.78 is 4.93. The zero-order valence-electron chi connectivity index (χ0n) is 20.6. The lowest BCUT2D eigenvalue weighted by Gasteiger charge is -2.33. The maximum absolute atomic E-state index is 12.6. The number of allylic oxidation sites excluding steroid dienone is 1. The van der Waals surface area contributed by atoms with E-state index in [0.717, 1.165) is 30.8 Å². The van der Waals surface area contributed by atoms with Gasteiger partial charge in [0.05, 0.1) is 31.0 Å². The standard InChI is InChI=1S/C26H28N8O3/c1-37-14-9-23(35)33-12-4-5-19(17-33)24-21-16-28-11-13-34(21,27)25(32-24)18-7-8-20(30-15-18)26(36)31-22-6-2-3-10-29-22/h2-3,6-8,10-11,13,15-16,19H,4-5,9,12,14,17,27H2,1H3/p+1. The Morgan fingerprint density at radius 3 is 2.89 bits per heavy atom. The summed E-state index contributed by atoms with van der Waals surface area (Å²) in [5, 5.41) is 2.73. The molecular weight excluding hydrogens is 472 g/mol. The third kappa shape index (κ3) is 4.96. The molecule has 0 aliphatic carbocycles. The van der Waals surface area contributed by atoms with Crippen LogP contribution in [-0.4, -0.2) is 70.1 Å². The van der Waals surface area contributed by atoms with Crippen molar-refractivity contribution in [1.29, 1.82) is 0 Å². The van der Waals surface area contributed by atoms with Crippen molar-refractivity contribution in [3.05, 3.63) is 77.8 Å². The van der Waals surface area contributed by atoms with Crippen molar-refractivity contribution in [3.63, 3.8) is 0 Å². The van der Waals surface area contributed by atoms with Gasteiger partial charge in [-0.25, -0.2) is 4.98 Å². The number of hydrogen-bond acceptors (Lipinski definition) is 8. The highest BCUT2D eigenvalue weighted by Gasteiger charge is 2.46. The van der Waals surface area contributed by atoms with E-state index in [-0.39, 0.29) is 28.0 Å². The molecule has 1 saturated heterocycles. The number of aromatic nitrogens is 2. The highest BCUT2D eigenvalue weighted by Crippen LogP contribution is 2.37. The lowest BCUT2D eigenvalue weighted by molar-refractivity contribution is -0.750. The molecule has 2 amide bonds. The summed E-state index contributed by atoms with van der Waals surface area (Å²) in [6.45, 7) is 1.70. The average Bonchev–Trinajstić information content (AvgIpc) is 3.25. The summed E-state index contributed by atoms with van der Waals surface area (Å²) in [5.41, 5.74) is 2.53. The van der Waals surface area contributed by atoms with Gasteiger partial charge in [0.15, 0.2) is 0 Å². The van der Waals surface area contributed by atoms with Gasteiger partial charge in [0.2, 0.25) is 11.6 Å². The van der Waals surface area contributed by atoms with Gasteiger partial charge in [0, 0.05) is 38.5 Å². The van der Waals surface area contributed by atoms with Gasteiger partial charge in [-0.15, -0.1) is 4.59 Å². The molecule has 2 aromatic heterocycles. The minimum absolute atomic E-state index is 0.0307. The third-order valence-corrected chi connectivity index (χ3v) is 6.66. The largest absolute Gasteiger partial charge is 0.384 e. The van der Waals surface area contributed by atoms with Crippen LogP contribution in [0.4, 0.5) is 5.82 Å². The molecule has 3 aliphatic rings. The van der Waals surface area contributed by atoms with Crippen molar-refractivity contribution in [2.24, 2.45) is 21.7 Å². The quantitative estimate of drug-likeness (QED) is 0.441. The van der Waals surface area contributed by atoms with Gasteiger partial charge < -0.3 is 15.0 Å². The number of piperidine rings is 1. The molecular formula is C26H29N8O3+. The second-order valence-electron chi connectivity index (χ2n) is 9.08. The van der Waals surface area contributed by atoms with Gasteiger partial charge >= 0.3 is 0 Å². The molecule has 0 spiro atoms. The first-order chi connectivity index (χ1) is 18.0. The van der Waals surface area contributed by atoms with E-state index in [2.05, 4.69) is 20.3 Å². The summed E-state index contributed by atoms with van der Waals surface area (Å²) in [6, 6.07) is 8.70. The van der Waals surface area contributed by atoms with Gasteiger partial charge in [0.1, 0.15) is 23.4 Å². The molecule has 0 aromatic carbocycles. The normalized spacial score (nSPS) is 22.6. The second kappa shape index (κ2) is 10.5. The molecule has 5 rings (SSSR count). The molecule has 190 valence electrons. The number of methoxy groups -OCH3 is 1. The summed E-state index contributed by atoms with van der Waals surface area (Å²) in [7, 11) is 1.59. The van der Waals surface area contributed by atoms with Crippen LogP contribution in [0.1, 0.15) is 35.3 Å². The van der Waals surface area contributed by atoms with Crippen molar-refractivity contribution in [1.82, 2.24) is 14.9 Å². The number of hydrogen-bond donors (Lipinski definition) is 2. The van der Waals surface area contributed by atoms with Crippen molar-refractivity contribution >= 4 is 29.7 Å². The molecule has 5 heterocycles. The first-order valence-corrected chi connectivity index (χ1v) is 12.2. The number of nitrogens with two attached hydrogens (primary N) is 1. The molecule has 2 aromatic rings. The Bertz CT molecular complexity index is 1300. The maximum atomic E-state index is 12.6. The lowest BCUT2D eigenvalue weighted by atomic mass is 9.93. The Morgan fingerprint density at radius 1 is 1.24 bits per heavy atom. The van der Waals surface area contributed by atoms with Crippen molar-refractivity contribution in [3.8, 4) is 0 Å². The second-order valence-corrected chi connectivity index (χ2v) is 9.08. The number of pyridine rings is 2. The van der Waals surface area contributed by atoms with Crippen molar-refractivity contribution in [2.75, 3.05) is 32.1 Å². The number of amides is 2. The molecule has 3 aliphatic heterocycles. The molecule has 0 radical (unpaired) electrons. The first kappa shape index (κ1) is 24.6. The SMILES string of the molecule is COCCC(=O)N1CCCC(C2=C3C=NC=C[N+]3(N)C(c3ccc(C(=O)Nc4ccccn4)nc3)=N2)C1. The van der Waals surface area contributed by atoms with E-state index in [1.165, 1.54) is 0 Å². The molecule has 3 N–H and O–H groups in total. The maximum Gasteiger partial charge on any atom is 0.275 e. The van der Waals surface area contributed by atoms with E-state index < -0.39 is 0 Å². The fourth-order valence-corrected chi connectivity index (χ4v) is 4.76. The van der Waals surface area contributed by atoms with Crippen LogP contribution in [0, 0.1) is 5.92 Å². The summed E-state index contributed by atoms with van der Waals surface area (Å²) in [5.74, 6) is 7.63. The van der Waals surface area contributed by atoms with Crippen LogP contribution < -0.4 is 11.2 Å². The molecule has 37 heavy (non-hydrogen) atoms. The summed E-state index contributed by atoms with van der Waals surface area (Å²) in [4.78, 5) is 44.9. The number of ether oxygens (including phenoxy) is 1. The van der Waals surface area contributed by atoms with Gasteiger partial charge in [-0.1, -0.05) is 6.07 Å². The number of likely N-dealkylation sites (tertiary alicyclic amines) is 1. The Hall–Kier alpha value is -4.06. The number of carbonyl (C=O) groups is 2. The molecule has 11 heteroatoms. The number of quaternary nitrogens is 1. The zero-order chi connectivity index (χ0) is 25.8. The number of rotatable bonds is 7. The fraction of sp³-hybridized carbons (Fsp3) is 0.308. The van der Waals surface area contributed by atoms with Gasteiger partial charge in [-0.3, -0.25) is 19.6 Å². The molecule has 2 unspecified atom stereocenters. The minimum Gasteiger partial charge on any atom is -0.384 e. The van der Waals surface area contributed by atoms with Crippen molar-refractivity contribution in [2.45, 2.75) is 19.3 Å². The molecule has 1 fully saturated rings. The number of amidine groups is 1. The van der Waals surface area contributed by atoms with E-state index in [1.54, 1.807) is 68.4 Å². The van der Waals surface area contributed by atoms with Crippen LogP contribution in [0.15, 0.2) is 76.5 Å². The number of fused-ring (bicyclic) bond motifs is 1. The fourth-order valence-electron chi connectivity index (χ4n) is 4.76. The molecule has 0 bridgehead atoms. The number of aliphatic imine (C=N–C) groups is 2. The molecule has 11 nitrogen and oxygen atoms in total.